The largest absolute Gasteiger partial charge is 0.464 e. The summed E-state index contributed by atoms with van der Waals surface area (Å²) in [4.78, 5) is 11.0. The second kappa shape index (κ2) is 4.01. The molecule has 0 aliphatic heterocycles. The van der Waals surface area contributed by atoms with E-state index in [4.69, 9.17) is 5.11 Å². The van der Waals surface area contributed by atoms with Crippen LogP contribution < -0.4 is 4.72 Å². The predicted molar refractivity (Wildman–Crippen MR) is 48.2 cm³/mol. The number of nitrogens with one attached hydrogen (secondary N) is 1. The summed E-state index contributed by atoms with van der Waals surface area (Å²) in [5.41, 5.74) is 1.16. The lowest BCUT2D eigenvalue weighted by Crippen LogP contribution is -2.10. The van der Waals surface area contributed by atoms with Crippen LogP contribution in [-0.2, 0) is 0 Å². The van der Waals surface area contributed by atoms with Gasteiger partial charge in [-0.1, -0.05) is 17.7 Å². The number of hydrogen-bond acceptors (Lipinski definition) is 2. The Hall–Kier alpha value is -1.16. The molecule has 1 aromatic carbocycles. The fourth-order valence-electron chi connectivity index (χ4n) is 0.709. The Bertz CT molecular complexity index is 271. The van der Waals surface area contributed by atoms with Crippen LogP contribution in [0.3, 0.4) is 0 Å². The molecule has 0 aromatic heterocycles. The monoisotopic (exact) mass is 183 g/mol. The van der Waals surface area contributed by atoms with Gasteiger partial charge in [-0.25, -0.2) is 4.79 Å². The highest BCUT2D eigenvalue weighted by molar-refractivity contribution is 7.98. The molecule has 0 aliphatic rings. The molecule has 4 heteroatoms. The van der Waals surface area contributed by atoms with Gasteiger partial charge in [-0.05, 0) is 31.0 Å². The second-order valence-electron chi connectivity index (χ2n) is 2.32. The Labute approximate surface area is 74.9 Å². The minimum atomic E-state index is -1.03. The van der Waals surface area contributed by atoms with Crippen molar-refractivity contribution in [2.24, 2.45) is 0 Å². The zero-order chi connectivity index (χ0) is 8.97. The van der Waals surface area contributed by atoms with Gasteiger partial charge in [0, 0.05) is 4.90 Å². The molecule has 3 nitrogen and oxygen atoms in total. The van der Waals surface area contributed by atoms with Crippen LogP contribution in [-0.4, -0.2) is 11.2 Å². The van der Waals surface area contributed by atoms with Crippen molar-refractivity contribution in [3.8, 4) is 0 Å². The Kier molecular flexibility index (Phi) is 2.99. The van der Waals surface area contributed by atoms with E-state index < -0.39 is 6.09 Å². The molecule has 0 atom stereocenters. The fourth-order valence-corrected chi connectivity index (χ4v) is 1.19. The molecule has 0 saturated heterocycles. The van der Waals surface area contributed by atoms with Crippen LogP contribution in [0.15, 0.2) is 29.2 Å². The first-order chi connectivity index (χ1) is 5.68. The van der Waals surface area contributed by atoms with Gasteiger partial charge in [-0.2, -0.15) is 0 Å². The molecule has 0 radical (unpaired) electrons. The lowest BCUT2D eigenvalue weighted by Gasteiger charge is -1.99. The smallest absolute Gasteiger partial charge is 0.415 e. The zero-order valence-corrected chi connectivity index (χ0v) is 7.39. The molecule has 0 spiro atoms. The highest BCUT2D eigenvalue weighted by Gasteiger charge is 1.96. The summed E-state index contributed by atoms with van der Waals surface area (Å²) in [5.74, 6) is 0. The minimum absolute atomic E-state index is 0.892. The average Bonchev–Trinajstić information content (AvgIpc) is 2.03. The summed E-state index contributed by atoms with van der Waals surface area (Å²) in [6.45, 7) is 1.99. The molecule has 1 rings (SSSR count). The van der Waals surface area contributed by atoms with Crippen LogP contribution in [0, 0.1) is 6.92 Å². The second-order valence-corrected chi connectivity index (χ2v) is 3.20. The molecular weight excluding hydrogens is 174 g/mol. The highest BCUT2D eigenvalue weighted by Crippen LogP contribution is 2.14. The van der Waals surface area contributed by atoms with Gasteiger partial charge in [0.1, 0.15) is 0 Å². The first-order valence-corrected chi connectivity index (χ1v) is 4.22. The molecule has 64 valence electrons. The van der Waals surface area contributed by atoms with Crippen molar-refractivity contribution in [2.45, 2.75) is 11.8 Å². The summed E-state index contributed by atoms with van der Waals surface area (Å²) >= 11 is 1.09. The number of aryl methyl sites for hydroxylation is 1. The summed E-state index contributed by atoms with van der Waals surface area (Å²) in [6, 6.07) is 7.61. The topological polar surface area (TPSA) is 49.3 Å². The van der Waals surface area contributed by atoms with Crippen LogP contribution in [0.25, 0.3) is 0 Å². The van der Waals surface area contributed by atoms with Crippen LogP contribution in [0.2, 0.25) is 0 Å². The Morgan fingerprint density at radius 2 is 2.00 bits per heavy atom. The number of carbonyl (C=O) groups is 1. The van der Waals surface area contributed by atoms with E-state index >= 15 is 0 Å². The molecule has 1 amide bonds. The van der Waals surface area contributed by atoms with Gasteiger partial charge in [0.05, 0.1) is 0 Å². The van der Waals surface area contributed by atoms with Gasteiger partial charge in [0.15, 0.2) is 0 Å². The number of rotatable bonds is 2. The predicted octanol–water partition coefficient (Wildman–Crippen LogP) is 2.27. The van der Waals surface area contributed by atoms with Crippen molar-refractivity contribution in [3.05, 3.63) is 29.8 Å². The molecule has 0 unspecified atom stereocenters. The van der Waals surface area contributed by atoms with E-state index in [2.05, 4.69) is 4.72 Å². The van der Waals surface area contributed by atoms with E-state index in [-0.39, 0.29) is 0 Å². The van der Waals surface area contributed by atoms with E-state index in [1.165, 1.54) is 0 Å². The molecule has 0 fully saturated rings. The van der Waals surface area contributed by atoms with Crippen molar-refractivity contribution in [1.29, 1.82) is 0 Å². The molecule has 0 aliphatic carbocycles. The highest BCUT2D eigenvalue weighted by atomic mass is 32.2. The van der Waals surface area contributed by atoms with Crippen LogP contribution >= 0.6 is 11.9 Å². The Balaban J connectivity index is 2.53. The van der Waals surface area contributed by atoms with Crippen molar-refractivity contribution >= 4 is 18.0 Å². The zero-order valence-electron chi connectivity index (χ0n) is 6.57. The summed E-state index contributed by atoms with van der Waals surface area (Å²) in [5, 5.41) is 8.30. The van der Waals surface area contributed by atoms with Crippen molar-refractivity contribution in [1.82, 2.24) is 4.72 Å². The van der Waals surface area contributed by atoms with E-state index in [0.717, 1.165) is 22.4 Å². The van der Waals surface area contributed by atoms with Gasteiger partial charge in [-0.15, -0.1) is 0 Å². The van der Waals surface area contributed by atoms with E-state index in [1.807, 2.05) is 31.2 Å². The lowest BCUT2D eigenvalue weighted by atomic mass is 10.2. The number of amides is 1. The quantitative estimate of drug-likeness (QED) is 0.691. The van der Waals surface area contributed by atoms with E-state index in [1.54, 1.807) is 0 Å². The molecule has 0 saturated carbocycles. The Morgan fingerprint density at radius 3 is 2.50 bits per heavy atom. The van der Waals surface area contributed by atoms with Gasteiger partial charge in [-0.3, -0.25) is 4.72 Å². The molecule has 1 aromatic rings. The van der Waals surface area contributed by atoms with Gasteiger partial charge < -0.3 is 5.11 Å². The first-order valence-electron chi connectivity index (χ1n) is 3.41. The van der Waals surface area contributed by atoms with Gasteiger partial charge in [0.25, 0.3) is 0 Å². The first kappa shape index (κ1) is 8.93. The van der Waals surface area contributed by atoms with Gasteiger partial charge >= 0.3 is 6.09 Å². The Morgan fingerprint density at radius 1 is 1.42 bits per heavy atom. The number of benzene rings is 1. The fraction of sp³-hybridized carbons (Fsp3) is 0.125. The summed E-state index contributed by atoms with van der Waals surface area (Å²) in [6.07, 6.45) is -1.03. The molecule has 0 bridgehead atoms. The third kappa shape index (κ3) is 2.84. The summed E-state index contributed by atoms with van der Waals surface area (Å²) < 4.78 is 2.21. The van der Waals surface area contributed by atoms with Crippen molar-refractivity contribution < 1.29 is 9.90 Å². The number of carboxylic acid groups (broad SMARTS) is 1. The molecule has 0 heterocycles. The third-order valence-corrected chi connectivity index (χ3v) is 2.06. The molecule has 2 N–H and O–H groups in total. The minimum Gasteiger partial charge on any atom is -0.464 e. The van der Waals surface area contributed by atoms with Crippen LogP contribution in [0.4, 0.5) is 4.79 Å². The SMILES string of the molecule is Cc1ccc(SNC(=O)O)cc1. The number of hydrogen-bond donors (Lipinski definition) is 2. The van der Waals surface area contributed by atoms with Crippen molar-refractivity contribution in [2.75, 3.05) is 0 Å². The maximum atomic E-state index is 10.1. The molecule has 12 heavy (non-hydrogen) atoms. The van der Waals surface area contributed by atoms with Crippen LogP contribution in [0.5, 0.6) is 0 Å². The van der Waals surface area contributed by atoms with E-state index in [9.17, 15) is 4.79 Å². The van der Waals surface area contributed by atoms with E-state index in [0.29, 0.717) is 0 Å². The third-order valence-electron chi connectivity index (χ3n) is 1.28. The standard InChI is InChI=1S/C8H9NO2S/c1-6-2-4-7(5-3-6)12-9-8(10)11/h2-5,9H,1H3,(H,10,11). The lowest BCUT2D eigenvalue weighted by molar-refractivity contribution is 0.202. The summed E-state index contributed by atoms with van der Waals surface area (Å²) in [7, 11) is 0. The average molecular weight is 183 g/mol. The maximum Gasteiger partial charge on any atom is 0.415 e. The van der Waals surface area contributed by atoms with Crippen molar-refractivity contribution in [3.63, 3.8) is 0 Å². The van der Waals surface area contributed by atoms with Crippen LogP contribution in [0.1, 0.15) is 5.56 Å². The normalized spacial score (nSPS) is 9.42. The maximum absolute atomic E-state index is 10.1. The molecular formula is C8H9NO2S. The van der Waals surface area contributed by atoms with Gasteiger partial charge in [0.2, 0.25) is 0 Å².